The fraction of sp³-hybridized carbons (Fsp3) is 0.143. The molecule has 7 aromatic carbocycles. The SMILES string of the molecule is [2H]c1nc(-c2cc(-c3ccccc3)cc(-c3cccc4c3nc(-c3cc(C)cc(C)c3O)n4-c3cc(-c4ccccc4)c(C([2H])([2H])[2H])c(C([2H])([2H])[2H])c3)c2)c([2H])c(-c2c([2H])c([2H])c(C(C([2H])([2H])[2H])(C([2H])([2H])[2H])C([2H])([2H])[2H])c([2H])c2[2H])c1[2H]. The quantitative estimate of drug-likeness (QED) is 0.175. The first-order valence-corrected chi connectivity index (χ1v) is 18.9. The summed E-state index contributed by atoms with van der Waals surface area (Å²) >= 11 is 0. The molecule has 0 saturated heterocycles. The number of fused-ring (bicyclic) bond motifs is 1. The Morgan fingerprint density at radius 1 is 0.600 bits per heavy atom. The summed E-state index contributed by atoms with van der Waals surface area (Å²) in [4.78, 5) is 9.56. The van der Waals surface area contributed by atoms with Crippen molar-refractivity contribution >= 4 is 11.0 Å². The van der Waals surface area contributed by atoms with Gasteiger partial charge in [-0.1, -0.05) is 124 Å². The molecule has 0 aliphatic carbocycles. The maximum absolute atomic E-state index is 11.9. The monoisotopic (exact) mass is 802 g/mol. The van der Waals surface area contributed by atoms with E-state index in [1.165, 1.54) is 6.07 Å². The molecule has 0 aliphatic rings. The zero-order valence-corrected chi connectivity index (χ0v) is 32.3. The van der Waals surface area contributed by atoms with Gasteiger partial charge in [-0.05, 0) is 154 Å². The highest BCUT2D eigenvalue weighted by molar-refractivity contribution is 5.98. The molecule has 0 radical (unpaired) electrons. The second-order valence-corrected chi connectivity index (χ2v) is 14.6. The predicted octanol–water partition coefficient (Wildman–Crippen LogP) is 14.7. The number of aryl methyl sites for hydroxylation is 3. The molecule has 0 saturated carbocycles. The Labute approximate surface area is 384 Å². The van der Waals surface area contributed by atoms with Gasteiger partial charge in [0, 0.05) is 43.5 Å². The van der Waals surface area contributed by atoms with Crippen LogP contribution in [0.5, 0.6) is 5.75 Å². The van der Waals surface area contributed by atoms with Gasteiger partial charge in [-0.2, -0.15) is 0 Å². The van der Waals surface area contributed by atoms with Crippen LogP contribution in [0.25, 0.3) is 83.9 Å². The van der Waals surface area contributed by atoms with Crippen molar-refractivity contribution in [2.24, 2.45) is 0 Å². The van der Waals surface area contributed by atoms with Crippen molar-refractivity contribution in [2.45, 2.75) is 53.5 Å². The lowest BCUT2D eigenvalue weighted by Gasteiger charge is -2.19. The molecule has 1 N–H and O–H groups in total. The first-order valence-electron chi connectivity index (χ1n) is 29.9. The third-order valence-electron chi connectivity index (χ3n) is 10.3. The number of hydrogen-bond donors (Lipinski definition) is 1. The fourth-order valence-electron chi connectivity index (χ4n) is 7.43. The lowest BCUT2D eigenvalue weighted by atomic mass is 9.86. The molecule has 0 spiro atoms. The number of aromatic hydroxyl groups is 1. The Kier molecular flexibility index (Phi) is 5.29. The van der Waals surface area contributed by atoms with E-state index in [1.807, 2.05) is 6.92 Å². The van der Waals surface area contributed by atoms with E-state index >= 15 is 0 Å². The van der Waals surface area contributed by atoms with Gasteiger partial charge in [0.15, 0.2) is 0 Å². The van der Waals surface area contributed by atoms with Crippen LogP contribution in [-0.2, 0) is 5.41 Å². The average molecular weight is 802 g/mol. The molecule has 294 valence electrons. The molecule has 0 amide bonds. The van der Waals surface area contributed by atoms with E-state index < -0.39 is 104 Å². The highest BCUT2D eigenvalue weighted by atomic mass is 16.3. The number of imidazole rings is 1. The summed E-state index contributed by atoms with van der Waals surface area (Å²) in [6.45, 7) is -14.2. The molecular formula is C56H49N3O. The molecular weight excluding hydrogens is 731 g/mol. The second kappa shape index (κ2) is 15.3. The Hall–Kier alpha value is -7.04. The molecule has 0 unspecified atom stereocenters. The molecule has 2 heterocycles. The van der Waals surface area contributed by atoms with Crippen LogP contribution in [0.4, 0.5) is 0 Å². The van der Waals surface area contributed by atoms with Crippen molar-refractivity contribution in [1.82, 2.24) is 14.5 Å². The number of rotatable bonds is 7. The molecule has 4 heteroatoms. The van der Waals surface area contributed by atoms with Crippen LogP contribution in [0.1, 0.15) is 78.5 Å². The number of phenols is 1. The van der Waals surface area contributed by atoms with Crippen LogP contribution in [0, 0.1) is 27.6 Å². The minimum atomic E-state index is -3.97. The van der Waals surface area contributed by atoms with Crippen molar-refractivity contribution in [3.63, 3.8) is 0 Å². The van der Waals surface area contributed by atoms with Gasteiger partial charge in [-0.15, -0.1) is 0 Å². The number of aromatic nitrogens is 3. The summed E-state index contributed by atoms with van der Waals surface area (Å²) in [5.41, 5.74) is -3.21. The number of nitrogens with zero attached hydrogens (tertiary/aromatic N) is 3. The van der Waals surface area contributed by atoms with Crippen LogP contribution in [0.2, 0.25) is 0 Å². The van der Waals surface area contributed by atoms with E-state index in [0.717, 1.165) is 5.56 Å². The number of pyridine rings is 1. The molecule has 9 rings (SSSR count). The van der Waals surface area contributed by atoms with Crippen LogP contribution < -0.4 is 0 Å². The largest absolute Gasteiger partial charge is 0.507 e. The Morgan fingerprint density at radius 3 is 2.07 bits per heavy atom. The van der Waals surface area contributed by atoms with Crippen LogP contribution in [0.3, 0.4) is 0 Å². The maximum atomic E-state index is 11.9. The summed E-state index contributed by atoms with van der Waals surface area (Å²) in [6.07, 6.45) is -0.815. The average Bonchev–Trinajstić information content (AvgIpc) is 3.93. The zero-order valence-electron chi connectivity index (χ0n) is 54.3. The van der Waals surface area contributed by atoms with Crippen molar-refractivity contribution in [1.29, 1.82) is 0 Å². The first kappa shape index (κ1) is 20.8. The third-order valence-corrected chi connectivity index (χ3v) is 10.3. The van der Waals surface area contributed by atoms with E-state index in [9.17, 15) is 6.48 Å². The molecule has 9 aromatic rings. The summed E-state index contributed by atoms with van der Waals surface area (Å²) < 4.78 is 192. The maximum Gasteiger partial charge on any atom is 0.149 e. The molecule has 0 bridgehead atoms. The van der Waals surface area contributed by atoms with Gasteiger partial charge in [0.25, 0.3) is 0 Å². The summed E-state index contributed by atoms with van der Waals surface area (Å²) in [6, 6.07) is 27.2. The topological polar surface area (TPSA) is 50.9 Å². The molecule has 0 atom stereocenters. The highest BCUT2D eigenvalue weighted by Gasteiger charge is 2.23. The fourth-order valence-corrected chi connectivity index (χ4v) is 7.43. The second-order valence-electron chi connectivity index (χ2n) is 14.6. The highest BCUT2D eigenvalue weighted by Crippen LogP contribution is 2.42. The van der Waals surface area contributed by atoms with E-state index in [-0.39, 0.29) is 50.7 Å². The molecule has 0 aliphatic heterocycles. The van der Waals surface area contributed by atoms with E-state index in [2.05, 4.69) is 4.98 Å². The van der Waals surface area contributed by atoms with Gasteiger partial charge in [0.2, 0.25) is 0 Å². The molecule has 0 fully saturated rings. The van der Waals surface area contributed by atoms with Gasteiger partial charge >= 0.3 is 0 Å². The van der Waals surface area contributed by atoms with Crippen LogP contribution in [0.15, 0.2) is 164 Å². The molecule has 2 aromatic heterocycles. The van der Waals surface area contributed by atoms with Gasteiger partial charge in [0.05, 0.1) is 31.9 Å². The van der Waals surface area contributed by atoms with Gasteiger partial charge < -0.3 is 5.11 Å². The van der Waals surface area contributed by atoms with Crippen LogP contribution >= 0.6 is 0 Å². The predicted molar refractivity (Wildman–Crippen MR) is 251 cm³/mol. The van der Waals surface area contributed by atoms with E-state index in [0.29, 0.717) is 38.9 Å². The van der Waals surface area contributed by atoms with Gasteiger partial charge in [0.1, 0.15) is 11.6 Å². The number of benzene rings is 7. The minimum absolute atomic E-state index is 0.105. The number of para-hydroxylation sites is 1. The first-order chi connectivity index (χ1) is 38.0. The van der Waals surface area contributed by atoms with Gasteiger partial charge in [-0.25, -0.2) is 4.98 Å². The van der Waals surface area contributed by atoms with Crippen molar-refractivity contribution in [2.75, 3.05) is 0 Å². The summed E-state index contributed by atoms with van der Waals surface area (Å²) in [5.74, 6) is -0.0142. The Balaban J connectivity index is 1.36. The van der Waals surface area contributed by atoms with Crippen molar-refractivity contribution in [3.8, 4) is 78.6 Å². The summed E-state index contributed by atoms with van der Waals surface area (Å²) in [7, 11) is 0. The lowest BCUT2D eigenvalue weighted by molar-refractivity contribution is 0.472. The number of phenolic OH excluding ortho intramolecular Hbond substituents is 1. The summed E-state index contributed by atoms with van der Waals surface area (Å²) in [5, 5.41) is 11.9. The molecule has 60 heavy (non-hydrogen) atoms. The van der Waals surface area contributed by atoms with Crippen LogP contribution in [-0.4, -0.2) is 19.6 Å². The smallest absolute Gasteiger partial charge is 0.149 e. The Morgan fingerprint density at radius 2 is 1.33 bits per heavy atom. The lowest BCUT2D eigenvalue weighted by Crippen LogP contribution is -2.10. The minimum Gasteiger partial charge on any atom is -0.507 e. The van der Waals surface area contributed by atoms with E-state index in [4.69, 9.17) is 33.8 Å². The standard InChI is InChI=1S/C56H49N3O/c1-35-27-37(3)54(60)50(28-35)55-58-53-48(19-14-20-52(53)59(55)47-29-36(2)38(4)49(34-47)41-17-12-9-13-18-41)44-30-43(39-15-10-8-11-16-39)31-45(32-44)51-33-42(25-26-57-51)40-21-23-46(24-22-40)56(5,6)7/h8-34,60H,1-7H3/i2D3,4D3,5D3,6D3,7D3,21D,22D,23D,24D,25D,26D,33D. The van der Waals surface area contributed by atoms with Crippen molar-refractivity contribution < 1.29 is 35.3 Å². The Bertz CT molecular complexity index is 3960. The normalized spacial score (nSPS) is 18.0. The third kappa shape index (κ3) is 7.20. The van der Waals surface area contributed by atoms with Crippen molar-refractivity contribution in [3.05, 3.63) is 192 Å². The molecule has 4 nitrogen and oxygen atoms in total. The van der Waals surface area contributed by atoms with Gasteiger partial charge in [-0.3, -0.25) is 9.55 Å². The van der Waals surface area contributed by atoms with E-state index in [1.54, 1.807) is 127 Å². The number of hydrogen-bond acceptors (Lipinski definition) is 3. The zero-order chi connectivity index (χ0) is 60.3.